The third kappa shape index (κ3) is 3.05. The van der Waals surface area contributed by atoms with Crippen LogP contribution in [-0.4, -0.2) is 29.0 Å². The van der Waals surface area contributed by atoms with Crippen molar-refractivity contribution in [2.75, 3.05) is 7.11 Å². The zero-order valence-corrected chi connectivity index (χ0v) is 15.3. The van der Waals surface area contributed by atoms with E-state index in [-0.39, 0.29) is 0 Å². The molecular formula is C14H32OSi2. The predicted molar refractivity (Wildman–Crippen MR) is 83.2 cm³/mol. The summed E-state index contributed by atoms with van der Waals surface area (Å²) in [6.45, 7) is 19.8. The highest BCUT2D eigenvalue weighted by Gasteiger charge is 2.56. The molecule has 3 heteroatoms. The summed E-state index contributed by atoms with van der Waals surface area (Å²) in [7, 11) is -0.381. The Morgan fingerprint density at radius 3 is 1.76 bits per heavy atom. The fourth-order valence-corrected chi connectivity index (χ4v) is 8.49. The first-order valence-corrected chi connectivity index (χ1v) is 13.6. The van der Waals surface area contributed by atoms with E-state index in [9.17, 15) is 0 Å². The summed E-state index contributed by atoms with van der Waals surface area (Å²) in [5, 5.41) is 0.431. The van der Waals surface area contributed by atoms with Gasteiger partial charge in [-0.1, -0.05) is 53.5 Å². The van der Waals surface area contributed by atoms with Gasteiger partial charge < -0.3 is 4.74 Å². The zero-order valence-electron chi connectivity index (χ0n) is 13.3. The van der Waals surface area contributed by atoms with Crippen LogP contribution in [0.4, 0.5) is 0 Å². The molecule has 1 aliphatic rings. The molecule has 0 aromatic carbocycles. The van der Waals surface area contributed by atoms with Crippen LogP contribution in [0, 0.1) is 5.92 Å². The van der Waals surface area contributed by atoms with Crippen LogP contribution in [0.2, 0.25) is 43.3 Å². The third-order valence-electron chi connectivity index (χ3n) is 5.24. The lowest BCUT2D eigenvalue weighted by Gasteiger charge is -2.43. The first-order chi connectivity index (χ1) is 7.43. The van der Waals surface area contributed by atoms with Gasteiger partial charge in [-0.2, -0.15) is 0 Å². The second-order valence-corrected chi connectivity index (χ2v) is 19.5. The monoisotopic (exact) mass is 272 g/mol. The van der Waals surface area contributed by atoms with Crippen LogP contribution in [0.5, 0.6) is 0 Å². The van der Waals surface area contributed by atoms with Gasteiger partial charge in [0.15, 0.2) is 0 Å². The van der Waals surface area contributed by atoms with Crippen molar-refractivity contribution >= 4 is 16.1 Å². The fraction of sp³-hybridized carbons (Fsp3) is 1.00. The maximum Gasteiger partial charge on any atom is 0.0871 e. The highest BCUT2D eigenvalue weighted by atomic mass is 28.3. The van der Waals surface area contributed by atoms with Gasteiger partial charge in [-0.3, -0.25) is 0 Å². The molecule has 1 fully saturated rings. The van der Waals surface area contributed by atoms with Gasteiger partial charge in [-0.15, -0.1) is 0 Å². The fourth-order valence-electron chi connectivity index (χ4n) is 2.98. The molecule has 0 aliphatic heterocycles. The van der Waals surface area contributed by atoms with E-state index in [4.69, 9.17) is 4.74 Å². The lowest BCUT2D eigenvalue weighted by Crippen LogP contribution is -2.52. The maximum absolute atomic E-state index is 5.97. The molecule has 0 heterocycles. The van der Waals surface area contributed by atoms with Crippen molar-refractivity contribution in [1.82, 2.24) is 0 Å². The Balaban J connectivity index is 2.83. The molecule has 0 aromatic heterocycles. The minimum absolute atomic E-state index is 0.431. The molecule has 102 valence electrons. The van der Waals surface area contributed by atoms with Crippen LogP contribution in [0.3, 0.4) is 0 Å². The van der Waals surface area contributed by atoms with Crippen molar-refractivity contribution in [3.63, 3.8) is 0 Å². The number of methoxy groups -OCH3 is 1. The van der Waals surface area contributed by atoms with Crippen LogP contribution in [0.1, 0.15) is 27.2 Å². The van der Waals surface area contributed by atoms with Crippen molar-refractivity contribution < 1.29 is 4.74 Å². The summed E-state index contributed by atoms with van der Waals surface area (Å²) < 4.78 is 5.97. The van der Waals surface area contributed by atoms with Gasteiger partial charge in [0, 0.05) is 15.2 Å². The first-order valence-electron chi connectivity index (χ1n) is 6.95. The molecule has 1 rings (SSSR count). The molecule has 0 radical (unpaired) electrons. The number of ether oxygens (including phenoxy) is 1. The Kier molecular flexibility index (Phi) is 4.09. The van der Waals surface area contributed by atoms with Crippen molar-refractivity contribution in [2.45, 2.75) is 76.2 Å². The largest absolute Gasteiger partial charge is 0.385 e. The van der Waals surface area contributed by atoms with Gasteiger partial charge in [-0.05, 0) is 22.9 Å². The SMILES string of the molecule is CO[C@@H]([C@H]1C[C@@H]1[Si](C)(C)C)[Si](C)(C)C(C)(C)C. The highest BCUT2D eigenvalue weighted by Crippen LogP contribution is 2.58. The summed E-state index contributed by atoms with van der Waals surface area (Å²) in [5.74, 6) is 0.868. The molecule has 17 heavy (non-hydrogen) atoms. The molecule has 0 saturated heterocycles. The van der Waals surface area contributed by atoms with E-state index in [1.165, 1.54) is 6.42 Å². The average Bonchev–Trinajstić information content (AvgIpc) is 2.81. The van der Waals surface area contributed by atoms with Crippen molar-refractivity contribution in [3.05, 3.63) is 0 Å². The van der Waals surface area contributed by atoms with Gasteiger partial charge in [-0.25, -0.2) is 0 Å². The average molecular weight is 273 g/mol. The highest BCUT2D eigenvalue weighted by molar-refractivity contribution is 6.82. The Morgan fingerprint density at radius 1 is 1.06 bits per heavy atom. The van der Waals surface area contributed by atoms with Crippen molar-refractivity contribution in [2.24, 2.45) is 5.92 Å². The molecule has 1 aliphatic carbocycles. The van der Waals surface area contributed by atoms with E-state index in [2.05, 4.69) is 53.5 Å². The van der Waals surface area contributed by atoms with Gasteiger partial charge in [0.05, 0.1) is 13.8 Å². The molecule has 0 bridgehead atoms. The number of hydrogen-bond acceptors (Lipinski definition) is 1. The van der Waals surface area contributed by atoms with Crippen LogP contribution in [-0.2, 0) is 4.74 Å². The zero-order chi connectivity index (χ0) is 13.6. The summed E-state index contributed by atoms with van der Waals surface area (Å²) in [6.07, 6.45) is 1.43. The molecule has 0 spiro atoms. The van der Waals surface area contributed by atoms with E-state index >= 15 is 0 Å². The second kappa shape index (κ2) is 4.50. The standard InChI is InChI=1S/C14H32OSi2/c1-14(2,3)17(8,9)13(15-4)11-10-12(11)16(5,6)7/h11-13H,10H2,1-9H3/t11-,12-,13+/m0/s1. The Bertz CT molecular complexity index is 273. The summed E-state index contributed by atoms with van der Waals surface area (Å²) >= 11 is 0. The number of rotatable bonds is 4. The minimum atomic E-state index is -1.36. The normalized spacial score (nSPS) is 28.1. The number of hydrogen-bond donors (Lipinski definition) is 0. The van der Waals surface area contributed by atoms with E-state index in [1.54, 1.807) is 0 Å². The second-order valence-electron chi connectivity index (χ2n) is 8.50. The van der Waals surface area contributed by atoms with Crippen molar-refractivity contribution in [1.29, 1.82) is 0 Å². The van der Waals surface area contributed by atoms with E-state index in [1.807, 2.05) is 7.11 Å². The molecule has 0 aromatic rings. The minimum Gasteiger partial charge on any atom is -0.385 e. The summed E-state index contributed by atoms with van der Waals surface area (Å²) in [6, 6.07) is 0. The summed E-state index contributed by atoms with van der Waals surface area (Å²) in [5.41, 5.74) is 1.56. The molecule has 1 saturated carbocycles. The maximum atomic E-state index is 5.97. The molecule has 0 N–H and O–H groups in total. The molecule has 3 atom stereocenters. The van der Waals surface area contributed by atoms with Gasteiger partial charge in [0.2, 0.25) is 0 Å². The van der Waals surface area contributed by atoms with E-state index in [0.717, 1.165) is 11.5 Å². The van der Waals surface area contributed by atoms with Gasteiger partial charge >= 0.3 is 0 Å². The molecule has 0 unspecified atom stereocenters. The van der Waals surface area contributed by atoms with E-state index in [0.29, 0.717) is 10.8 Å². The Labute approximate surface area is 110 Å². The smallest absolute Gasteiger partial charge is 0.0871 e. The Hall–Kier alpha value is 0.394. The quantitative estimate of drug-likeness (QED) is 0.669. The Morgan fingerprint density at radius 2 is 1.53 bits per heavy atom. The first kappa shape index (κ1) is 15.5. The summed E-state index contributed by atoms with van der Waals surface area (Å²) in [4.78, 5) is 0. The molecule has 0 amide bonds. The lowest BCUT2D eigenvalue weighted by atomic mass is 10.2. The van der Waals surface area contributed by atoms with Gasteiger partial charge in [0.1, 0.15) is 0 Å². The van der Waals surface area contributed by atoms with Crippen LogP contribution in [0.15, 0.2) is 0 Å². The van der Waals surface area contributed by atoms with Gasteiger partial charge in [0.25, 0.3) is 0 Å². The van der Waals surface area contributed by atoms with E-state index < -0.39 is 16.1 Å². The molecule has 1 nitrogen and oxygen atoms in total. The van der Waals surface area contributed by atoms with Crippen LogP contribution >= 0.6 is 0 Å². The topological polar surface area (TPSA) is 9.23 Å². The van der Waals surface area contributed by atoms with Crippen LogP contribution < -0.4 is 0 Å². The van der Waals surface area contributed by atoms with Crippen LogP contribution in [0.25, 0.3) is 0 Å². The third-order valence-corrected chi connectivity index (χ3v) is 14.1. The van der Waals surface area contributed by atoms with Crippen molar-refractivity contribution in [3.8, 4) is 0 Å². The lowest BCUT2D eigenvalue weighted by molar-refractivity contribution is 0.136. The molecular weight excluding hydrogens is 240 g/mol. The predicted octanol–water partition coefficient (Wildman–Crippen LogP) is 4.78.